The number of halogens is 2. The maximum atomic E-state index is 13.8. The highest BCUT2D eigenvalue weighted by molar-refractivity contribution is 6.12. The summed E-state index contributed by atoms with van der Waals surface area (Å²) in [5, 5.41) is 6.85. The Hall–Kier alpha value is -3.79. The van der Waals surface area contributed by atoms with Gasteiger partial charge in [0.25, 0.3) is 0 Å². The van der Waals surface area contributed by atoms with Gasteiger partial charge < -0.3 is 10.2 Å². The molecule has 4 rings (SSSR count). The minimum absolute atomic E-state index is 0.115. The second kappa shape index (κ2) is 11.8. The second-order valence-electron chi connectivity index (χ2n) is 8.61. The van der Waals surface area contributed by atoms with E-state index >= 15 is 0 Å². The molecule has 1 fully saturated rings. The maximum absolute atomic E-state index is 13.8. The third kappa shape index (κ3) is 6.45. The number of hydrogen-bond donors (Lipinski definition) is 1. The molecule has 36 heavy (non-hydrogen) atoms. The van der Waals surface area contributed by atoms with E-state index < -0.39 is 11.6 Å². The van der Waals surface area contributed by atoms with Crippen LogP contribution in [-0.4, -0.2) is 51.2 Å². The average molecular weight is 495 g/mol. The number of aromatic nitrogens is 3. The van der Waals surface area contributed by atoms with Gasteiger partial charge in [-0.05, 0) is 68.6 Å². The highest BCUT2D eigenvalue weighted by Crippen LogP contribution is 2.29. The molecule has 0 aliphatic carbocycles. The van der Waals surface area contributed by atoms with Crippen molar-refractivity contribution in [3.05, 3.63) is 83.2 Å². The standard InChI is InChI=1S/C26H28F2N6O2/c1-3-36-33-26(19-4-5-23(27)24(28)11-19)21-13-30-25(31-14-21)16-34-8-6-18(7-9-34)20-10-22(15-29-12-20)32-17(2)35/h4-5,10-15,18H,3,6-9,16H2,1-2H3,(H,32,35). The summed E-state index contributed by atoms with van der Waals surface area (Å²) < 4.78 is 27.2. The Labute approximate surface area is 208 Å². The molecule has 2 aromatic heterocycles. The summed E-state index contributed by atoms with van der Waals surface area (Å²) in [5.41, 5.74) is 3.09. The quantitative estimate of drug-likeness (QED) is 0.371. The second-order valence-corrected chi connectivity index (χ2v) is 8.61. The Balaban J connectivity index is 1.38. The van der Waals surface area contributed by atoms with Crippen molar-refractivity contribution in [1.82, 2.24) is 19.9 Å². The Kier molecular flexibility index (Phi) is 8.27. The fourth-order valence-corrected chi connectivity index (χ4v) is 4.18. The maximum Gasteiger partial charge on any atom is 0.221 e. The summed E-state index contributed by atoms with van der Waals surface area (Å²) in [5.74, 6) is -0.973. The van der Waals surface area contributed by atoms with Crippen LogP contribution in [0, 0.1) is 11.6 Å². The van der Waals surface area contributed by atoms with Gasteiger partial charge in [0.15, 0.2) is 11.6 Å². The van der Waals surface area contributed by atoms with Crippen LogP contribution in [0.2, 0.25) is 0 Å². The lowest BCUT2D eigenvalue weighted by molar-refractivity contribution is -0.114. The molecule has 0 atom stereocenters. The van der Waals surface area contributed by atoms with E-state index in [1.54, 1.807) is 25.5 Å². The number of carbonyl (C=O) groups is 1. The normalized spacial score (nSPS) is 15.1. The molecule has 1 N–H and O–H groups in total. The number of anilines is 1. The van der Waals surface area contributed by atoms with Crippen molar-refractivity contribution < 1.29 is 18.4 Å². The van der Waals surface area contributed by atoms with Gasteiger partial charge in [-0.3, -0.25) is 14.7 Å². The molecule has 10 heteroatoms. The van der Waals surface area contributed by atoms with E-state index in [2.05, 4.69) is 30.3 Å². The zero-order valence-electron chi connectivity index (χ0n) is 20.2. The van der Waals surface area contributed by atoms with E-state index in [0.717, 1.165) is 43.6 Å². The van der Waals surface area contributed by atoms with Gasteiger partial charge in [0.05, 0.1) is 18.4 Å². The first-order valence-corrected chi connectivity index (χ1v) is 11.8. The summed E-state index contributed by atoms with van der Waals surface area (Å²) >= 11 is 0. The number of hydrogen-bond acceptors (Lipinski definition) is 7. The van der Waals surface area contributed by atoms with Gasteiger partial charge in [0, 0.05) is 36.6 Å². The number of nitrogens with one attached hydrogen (secondary N) is 1. The third-order valence-corrected chi connectivity index (χ3v) is 5.96. The molecule has 1 aliphatic heterocycles. The van der Waals surface area contributed by atoms with Gasteiger partial charge in [-0.25, -0.2) is 18.7 Å². The molecular weight excluding hydrogens is 466 g/mol. The number of piperidine rings is 1. The minimum Gasteiger partial charge on any atom is -0.396 e. The van der Waals surface area contributed by atoms with Crippen LogP contribution in [0.3, 0.4) is 0 Å². The topological polar surface area (TPSA) is 92.6 Å². The van der Waals surface area contributed by atoms with E-state index in [1.165, 1.54) is 13.0 Å². The van der Waals surface area contributed by atoms with Crippen molar-refractivity contribution in [2.45, 2.75) is 39.2 Å². The average Bonchev–Trinajstić information content (AvgIpc) is 2.87. The molecule has 188 valence electrons. The minimum atomic E-state index is -0.963. The number of benzene rings is 1. The molecule has 8 nitrogen and oxygen atoms in total. The lowest BCUT2D eigenvalue weighted by atomic mass is 9.90. The highest BCUT2D eigenvalue weighted by Gasteiger charge is 2.22. The van der Waals surface area contributed by atoms with E-state index in [9.17, 15) is 13.6 Å². The lowest BCUT2D eigenvalue weighted by Crippen LogP contribution is -2.33. The van der Waals surface area contributed by atoms with Crippen LogP contribution in [0.5, 0.6) is 0 Å². The van der Waals surface area contributed by atoms with Gasteiger partial charge in [0.2, 0.25) is 5.91 Å². The summed E-state index contributed by atoms with van der Waals surface area (Å²) in [6.07, 6.45) is 8.68. The number of amides is 1. The molecule has 1 amide bonds. The lowest BCUT2D eigenvalue weighted by Gasteiger charge is -2.31. The summed E-state index contributed by atoms with van der Waals surface area (Å²) in [6, 6.07) is 5.56. The molecule has 1 saturated heterocycles. The number of oxime groups is 1. The fourth-order valence-electron chi connectivity index (χ4n) is 4.18. The van der Waals surface area contributed by atoms with Gasteiger partial charge >= 0.3 is 0 Å². The Morgan fingerprint density at radius 3 is 2.50 bits per heavy atom. The smallest absolute Gasteiger partial charge is 0.221 e. The molecule has 0 radical (unpaired) electrons. The van der Waals surface area contributed by atoms with Crippen molar-refractivity contribution in [2.75, 3.05) is 25.0 Å². The fraction of sp³-hybridized carbons (Fsp3) is 0.346. The van der Waals surface area contributed by atoms with E-state index in [-0.39, 0.29) is 5.91 Å². The zero-order chi connectivity index (χ0) is 25.5. The molecular formula is C26H28F2N6O2. The third-order valence-electron chi connectivity index (χ3n) is 5.96. The van der Waals surface area contributed by atoms with Crippen molar-refractivity contribution in [1.29, 1.82) is 0 Å². The van der Waals surface area contributed by atoms with Crippen molar-refractivity contribution in [3.63, 3.8) is 0 Å². The molecule has 0 spiro atoms. The van der Waals surface area contributed by atoms with Gasteiger partial charge in [0.1, 0.15) is 18.1 Å². The van der Waals surface area contributed by atoms with Gasteiger partial charge in [-0.2, -0.15) is 0 Å². The van der Waals surface area contributed by atoms with Crippen molar-refractivity contribution >= 4 is 17.3 Å². The van der Waals surface area contributed by atoms with E-state index in [1.807, 2.05) is 12.3 Å². The first kappa shape index (κ1) is 25.3. The van der Waals surface area contributed by atoms with Gasteiger partial charge in [-0.1, -0.05) is 5.16 Å². The largest absolute Gasteiger partial charge is 0.396 e. The van der Waals surface area contributed by atoms with Gasteiger partial charge in [-0.15, -0.1) is 0 Å². The van der Waals surface area contributed by atoms with Crippen LogP contribution < -0.4 is 5.32 Å². The summed E-state index contributed by atoms with van der Waals surface area (Å²) in [7, 11) is 0. The molecule has 1 aromatic carbocycles. The van der Waals surface area contributed by atoms with Crippen LogP contribution in [0.15, 0.2) is 54.2 Å². The molecule has 0 unspecified atom stereocenters. The number of rotatable bonds is 8. The van der Waals surface area contributed by atoms with Crippen LogP contribution >= 0.6 is 0 Å². The number of likely N-dealkylation sites (tertiary alicyclic amines) is 1. The van der Waals surface area contributed by atoms with E-state index in [0.29, 0.717) is 47.4 Å². The Bertz CT molecular complexity index is 1230. The molecule has 0 saturated carbocycles. The molecule has 3 heterocycles. The van der Waals surface area contributed by atoms with E-state index in [4.69, 9.17) is 4.84 Å². The first-order chi connectivity index (χ1) is 17.4. The predicted octanol–water partition coefficient (Wildman–Crippen LogP) is 4.28. The number of carbonyl (C=O) groups excluding carboxylic acids is 1. The molecule has 0 bridgehead atoms. The summed E-state index contributed by atoms with van der Waals surface area (Å²) in [4.78, 5) is 32.0. The van der Waals surface area contributed by atoms with Crippen LogP contribution in [0.4, 0.5) is 14.5 Å². The number of nitrogens with zero attached hydrogens (tertiary/aromatic N) is 5. The van der Waals surface area contributed by atoms with Crippen LogP contribution in [0.1, 0.15) is 55.1 Å². The van der Waals surface area contributed by atoms with Crippen LogP contribution in [-0.2, 0) is 16.2 Å². The zero-order valence-corrected chi connectivity index (χ0v) is 20.2. The monoisotopic (exact) mass is 494 g/mol. The molecule has 1 aliphatic rings. The van der Waals surface area contributed by atoms with Crippen molar-refractivity contribution in [3.8, 4) is 0 Å². The highest BCUT2D eigenvalue weighted by atomic mass is 19.2. The SMILES string of the molecule is CCON=C(c1cnc(CN2CCC(c3cncc(NC(C)=O)c3)CC2)nc1)c1ccc(F)c(F)c1. The summed E-state index contributed by atoms with van der Waals surface area (Å²) in [6.45, 7) is 5.95. The van der Waals surface area contributed by atoms with Crippen LogP contribution in [0.25, 0.3) is 0 Å². The Morgan fingerprint density at radius 1 is 1.08 bits per heavy atom. The predicted molar refractivity (Wildman–Crippen MR) is 131 cm³/mol. The number of pyridine rings is 1. The van der Waals surface area contributed by atoms with Crippen molar-refractivity contribution in [2.24, 2.45) is 5.16 Å². The molecule has 3 aromatic rings. The Morgan fingerprint density at radius 2 is 1.83 bits per heavy atom. The first-order valence-electron chi connectivity index (χ1n) is 11.8.